The third-order valence-corrected chi connectivity index (χ3v) is 4.74. The summed E-state index contributed by atoms with van der Waals surface area (Å²) in [6.45, 7) is 5.24. The van der Waals surface area contributed by atoms with Crippen LogP contribution in [0.5, 0.6) is 0 Å². The van der Waals surface area contributed by atoms with Crippen molar-refractivity contribution in [2.24, 2.45) is 0 Å². The van der Waals surface area contributed by atoms with Gasteiger partial charge in [0.15, 0.2) is 0 Å². The van der Waals surface area contributed by atoms with E-state index in [-0.39, 0.29) is 0 Å². The summed E-state index contributed by atoms with van der Waals surface area (Å²) in [5.74, 6) is 2.28. The van der Waals surface area contributed by atoms with Crippen molar-refractivity contribution in [3.8, 4) is 6.07 Å². The van der Waals surface area contributed by atoms with Gasteiger partial charge in [-0.15, -0.1) is 0 Å². The van der Waals surface area contributed by atoms with E-state index in [2.05, 4.69) is 38.1 Å². The van der Waals surface area contributed by atoms with Crippen molar-refractivity contribution < 1.29 is 0 Å². The zero-order valence-corrected chi connectivity index (χ0v) is 13.2. The number of nitriles is 1. The van der Waals surface area contributed by atoms with Crippen molar-refractivity contribution in [1.29, 1.82) is 5.26 Å². The first-order valence-corrected chi connectivity index (χ1v) is 8.09. The molecule has 1 atom stereocenters. The summed E-state index contributed by atoms with van der Waals surface area (Å²) in [6.07, 6.45) is 4.07. The number of thioether (sulfide) groups is 1. The SMILES string of the molecule is CCSC[C@@H](C)N(C)Cc1cn2ccccc2c1C#N. The molecule has 0 unspecified atom stereocenters. The van der Waals surface area contributed by atoms with Crippen molar-refractivity contribution in [3.63, 3.8) is 0 Å². The van der Waals surface area contributed by atoms with Crippen LogP contribution in [-0.2, 0) is 6.54 Å². The molecule has 0 aliphatic rings. The molecule has 20 heavy (non-hydrogen) atoms. The maximum absolute atomic E-state index is 9.41. The molecule has 0 N–H and O–H groups in total. The Bertz CT molecular complexity index is 612. The van der Waals surface area contributed by atoms with Gasteiger partial charge in [0.1, 0.15) is 6.07 Å². The lowest BCUT2D eigenvalue weighted by molar-refractivity contribution is 0.269. The van der Waals surface area contributed by atoms with Crippen LogP contribution in [-0.4, -0.2) is 33.9 Å². The maximum Gasteiger partial charge on any atom is 0.102 e. The van der Waals surface area contributed by atoms with E-state index in [4.69, 9.17) is 0 Å². The van der Waals surface area contributed by atoms with Gasteiger partial charge in [-0.2, -0.15) is 17.0 Å². The Hall–Kier alpha value is -1.44. The Labute approximate surface area is 125 Å². The van der Waals surface area contributed by atoms with E-state index < -0.39 is 0 Å². The van der Waals surface area contributed by atoms with Gasteiger partial charge >= 0.3 is 0 Å². The number of aromatic nitrogens is 1. The van der Waals surface area contributed by atoms with Crippen molar-refractivity contribution in [3.05, 3.63) is 41.7 Å². The Kier molecular flexibility index (Phi) is 5.11. The second kappa shape index (κ2) is 6.83. The van der Waals surface area contributed by atoms with E-state index in [9.17, 15) is 5.26 Å². The van der Waals surface area contributed by atoms with Crippen LogP contribution in [0.15, 0.2) is 30.6 Å². The zero-order valence-electron chi connectivity index (χ0n) is 12.3. The molecule has 0 spiro atoms. The third kappa shape index (κ3) is 3.17. The van der Waals surface area contributed by atoms with Crippen molar-refractivity contribution in [2.45, 2.75) is 26.4 Å². The van der Waals surface area contributed by atoms with Crippen molar-refractivity contribution in [2.75, 3.05) is 18.6 Å². The Morgan fingerprint density at radius 3 is 2.95 bits per heavy atom. The predicted molar refractivity (Wildman–Crippen MR) is 86.0 cm³/mol. The molecular weight excluding hydrogens is 266 g/mol. The second-order valence-corrected chi connectivity index (χ2v) is 6.38. The molecule has 0 aliphatic heterocycles. The van der Waals surface area contributed by atoms with Gasteiger partial charge in [-0.1, -0.05) is 13.0 Å². The van der Waals surface area contributed by atoms with E-state index in [1.807, 2.05) is 40.6 Å². The number of pyridine rings is 1. The van der Waals surface area contributed by atoms with Crippen LogP contribution in [0, 0.1) is 11.3 Å². The largest absolute Gasteiger partial charge is 0.322 e. The molecule has 0 amide bonds. The van der Waals surface area contributed by atoms with Crippen LogP contribution >= 0.6 is 11.8 Å². The zero-order chi connectivity index (χ0) is 14.5. The molecule has 106 valence electrons. The fourth-order valence-electron chi connectivity index (χ4n) is 2.27. The molecule has 0 saturated carbocycles. The van der Waals surface area contributed by atoms with Crippen LogP contribution in [0.1, 0.15) is 25.0 Å². The first-order chi connectivity index (χ1) is 9.67. The minimum Gasteiger partial charge on any atom is -0.322 e. The normalized spacial score (nSPS) is 12.8. The topological polar surface area (TPSA) is 31.4 Å². The van der Waals surface area contributed by atoms with E-state index in [1.54, 1.807) is 0 Å². The lowest BCUT2D eigenvalue weighted by Gasteiger charge is -2.24. The van der Waals surface area contributed by atoms with Crippen LogP contribution in [0.3, 0.4) is 0 Å². The molecule has 0 saturated heterocycles. The summed E-state index contributed by atoms with van der Waals surface area (Å²) in [4.78, 5) is 2.32. The van der Waals surface area contributed by atoms with E-state index in [1.165, 1.54) is 0 Å². The summed E-state index contributed by atoms with van der Waals surface area (Å²) < 4.78 is 2.03. The van der Waals surface area contributed by atoms with Crippen LogP contribution in [0.25, 0.3) is 5.52 Å². The Morgan fingerprint density at radius 2 is 2.25 bits per heavy atom. The molecule has 0 aliphatic carbocycles. The fraction of sp³-hybridized carbons (Fsp3) is 0.438. The summed E-state index contributed by atoms with van der Waals surface area (Å²) in [6, 6.07) is 8.83. The molecule has 2 heterocycles. The molecule has 2 rings (SSSR count). The van der Waals surface area contributed by atoms with Crippen LogP contribution in [0.4, 0.5) is 0 Å². The highest BCUT2D eigenvalue weighted by molar-refractivity contribution is 7.99. The van der Waals surface area contributed by atoms with Crippen molar-refractivity contribution >= 4 is 17.3 Å². The summed E-state index contributed by atoms with van der Waals surface area (Å²) in [5, 5.41) is 9.41. The molecular formula is C16H21N3S. The monoisotopic (exact) mass is 287 g/mol. The molecule has 0 radical (unpaired) electrons. The van der Waals surface area contributed by atoms with Gasteiger partial charge < -0.3 is 4.40 Å². The number of fused-ring (bicyclic) bond motifs is 1. The molecule has 2 aromatic rings. The van der Waals surface area contributed by atoms with E-state index in [0.717, 1.165) is 34.7 Å². The molecule has 2 aromatic heterocycles. The lowest BCUT2D eigenvalue weighted by Crippen LogP contribution is -2.30. The molecule has 0 bridgehead atoms. The minimum absolute atomic E-state index is 0.509. The first kappa shape index (κ1) is 15.0. The molecule has 3 nitrogen and oxygen atoms in total. The summed E-state index contributed by atoms with van der Waals surface area (Å²) >= 11 is 1.96. The first-order valence-electron chi connectivity index (χ1n) is 6.94. The van der Waals surface area contributed by atoms with Gasteiger partial charge in [0.25, 0.3) is 0 Å². The Balaban J connectivity index is 2.19. The molecule has 4 heteroatoms. The summed E-state index contributed by atoms with van der Waals surface area (Å²) in [7, 11) is 2.13. The van der Waals surface area contributed by atoms with E-state index >= 15 is 0 Å². The quantitative estimate of drug-likeness (QED) is 0.816. The maximum atomic E-state index is 9.41. The number of rotatable bonds is 6. The highest BCUT2D eigenvalue weighted by Gasteiger charge is 2.15. The summed E-state index contributed by atoms with van der Waals surface area (Å²) in [5.41, 5.74) is 2.90. The van der Waals surface area contributed by atoms with Gasteiger partial charge in [0.2, 0.25) is 0 Å². The average molecular weight is 287 g/mol. The van der Waals surface area contributed by atoms with Crippen molar-refractivity contribution in [1.82, 2.24) is 9.30 Å². The van der Waals surface area contributed by atoms with Gasteiger partial charge in [-0.05, 0) is 31.9 Å². The van der Waals surface area contributed by atoms with Gasteiger partial charge in [-0.25, -0.2) is 0 Å². The average Bonchev–Trinajstić information content (AvgIpc) is 2.81. The molecule has 0 fully saturated rings. The van der Waals surface area contributed by atoms with E-state index in [0.29, 0.717) is 6.04 Å². The van der Waals surface area contributed by atoms with Crippen LogP contribution < -0.4 is 0 Å². The highest BCUT2D eigenvalue weighted by Crippen LogP contribution is 2.20. The number of hydrogen-bond donors (Lipinski definition) is 0. The van der Waals surface area contributed by atoms with Crippen LogP contribution in [0.2, 0.25) is 0 Å². The number of hydrogen-bond acceptors (Lipinski definition) is 3. The lowest BCUT2D eigenvalue weighted by atomic mass is 10.1. The minimum atomic E-state index is 0.509. The fourth-order valence-corrected chi connectivity index (χ4v) is 3.10. The van der Waals surface area contributed by atoms with Gasteiger partial charge in [-0.3, -0.25) is 4.90 Å². The third-order valence-electron chi connectivity index (χ3n) is 3.61. The smallest absolute Gasteiger partial charge is 0.102 e. The van der Waals surface area contributed by atoms with Gasteiger partial charge in [0, 0.05) is 36.3 Å². The standard InChI is InChI=1S/C16H21N3S/c1-4-20-12-13(2)18(3)10-14-11-19-8-6-5-7-16(19)15(14)9-17/h5-8,11,13H,4,10,12H2,1-3H3/t13-/m1/s1. The molecule has 0 aromatic carbocycles. The number of nitrogens with zero attached hydrogens (tertiary/aromatic N) is 3. The Morgan fingerprint density at radius 1 is 1.45 bits per heavy atom. The highest BCUT2D eigenvalue weighted by atomic mass is 32.2. The second-order valence-electron chi connectivity index (χ2n) is 5.06. The predicted octanol–water partition coefficient (Wildman–Crippen LogP) is 3.38. The van der Waals surface area contributed by atoms with Gasteiger partial charge in [0.05, 0.1) is 11.1 Å².